The first-order valence-corrected chi connectivity index (χ1v) is 8.39. The van der Waals surface area contributed by atoms with Crippen molar-refractivity contribution in [3.8, 4) is 5.75 Å². The van der Waals surface area contributed by atoms with E-state index >= 15 is 0 Å². The van der Waals surface area contributed by atoms with E-state index in [4.69, 9.17) is 4.74 Å². The van der Waals surface area contributed by atoms with E-state index in [-0.39, 0.29) is 18.6 Å². The molecule has 25 heavy (non-hydrogen) atoms. The van der Waals surface area contributed by atoms with Crippen molar-refractivity contribution in [3.63, 3.8) is 0 Å². The molecule has 1 heterocycles. The highest BCUT2D eigenvalue weighted by molar-refractivity contribution is 5.81. The second kappa shape index (κ2) is 7.94. The summed E-state index contributed by atoms with van der Waals surface area (Å²) < 4.78 is 5.62. The summed E-state index contributed by atoms with van der Waals surface area (Å²) in [5.41, 5.74) is 1.57. The molecule has 1 aliphatic heterocycles. The van der Waals surface area contributed by atoms with Crippen LogP contribution in [0.15, 0.2) is 54.6 Å². The van der Waals surface area contributed by atoms with Gasteiger partial charge in [0.15, 0.2) is 12.9 Å². The molecule has 3 rings (SSSR count). The molecule has 0 bridgehead atoms. The fraction of sp³-hybridized carbons (Fsp3) is 0.300. The summed E-state index contributed by atoms with van der Waals surface area (Å²) in [5, 5.41) is 0. The average molecular weight is 338 g/mol. The number of carbonyl (C=O) groups excluding carboxylic acids is 2. The van der Waals surface area contributed by atoms with Crippen LogP contribution in [-0.4, -0.2) is 55.3 Å². The first kappa shape index (κ1) is 17.2. The van der Waals surface area contributed by atoms with Crippen molar-refractivity contribution < 1.29 is 14.3 Å². The number of ether oxygens (including phenoxy) is 1. The van der Waals surface area contributed by atoms with Gasteiger partial charge in [-0.05, 0) is 24.7 Å². The largest absolute Gasteiger partial charge is 0.483 e. The number of amides is 1. The van der Waals surface area contributed by atoms with Crippen LogP contribution in [0.3, 0.4) is 0 Å². The van der Waals surface area contributed by atoms with E-state index in [2.05, 4.69) is 11.9 Å². The minimum atomic E-state index is -0.0715. The molecule has 5 nitrogen and oxygen atoms in total. The Morgan fingerprint density at radius 2 is 1.84 bits per heavy atom. The molecule has 0 spiro atoms. The third-order valence-electron chi connectivity index (χ3n) is 4.49. The van der Waals surface area contributed by atoms with Crippen molar-refractivity contribution in [1.29, 1.82) is 0 Å². The van der Waals surface area contributed by atoms with Gasteiger partial charge >= 0.3 is 0 Å². The molecule has 0 aliphatic carbocycles. The molecule has 1 amide bonds. The summed E-state index contributed by atoms with van der Waals surface area (Å²) in [6.45, 7) is 2.21. The lowest BCUT2D eigenvalue weighted by Crippen LogP contribution is -2.50. The minimum Gasteiger partial charge on any atom is -0.483 e. The van der Waals surface area contributed by atoms with Gasteiger partial charge in [-0.25, -0.2) is 0 Å². The highest BCUT2D eigenvalue weighted by atomic mass is 16.5. The summed E-state index contributed by atoms with van der Waals surface area (Å²) in [5.74, 6) is 0.374. The van der Waals surface area contributed by atoms with Crippen molar-refractivity contribution in [2.45, 2.75) is 6.04 Å². The average Bonchev–Trinajstić information content (AvgIpc) is 2.67. The number of aldehydes is 1. The van der Waals surface area contributed by atoms with E-state index in [0.29, 0.717) is 17.9 Å². The Morgan fingerprint density at radius 1 is 1.12 bits per heavy atom. The number of hydrogen-bond acceptors (Lipinski definition) is 4. The number of nitrogens with zero attached hydrogens (tertiary/aromatic N) is 2. The van der Waals surface area contributed by atoms with E-state index < -0.39 is 0 Å². The molecule has 0 radical (unpaired) electrons. The zero-order chi connectivity index (χ0) is 17.6. The number of para-hydroxylation sites is 1. The number of piperazine rings is 1. The number of likely N-dealkylation sites (N-methyl/N-ethyl adjacent to an activating group) is 1. The maximum Gasteiger partial charge on any atom is 0.261 e. The van der Waals surface area contributed by atoms with Crippen LogP contribution in [-0.2, 0) is 4.79 Å². The zero-order valence-corrected chi connectivity index (χ0v) is 14.3. The Morgan fingerprint density at radius 3 is 2.60 bits per heavy atom. The normalized spacial score (nSPS) is 18.0. The Balaban J connectivity index is 1.72. The van der Waals surface area contributed by atoms with Crippen LogP contribution in [0.1, 0.15) is 22.0 Å². The molecule has 1 fully saturated rings. The lowest BCUT2D eigenvalue weighted by atomic mass is 10.0. The number of carbonyl (C=O) groups is 2. The topological polar surface area (TPSA) is 49.9 Å². The Kier molecular flexibility index (Phi) is 5.46. The van der Waals surface area contributed by atoms with E-state index in [0.717, 1.165) is 24.9 Å². The SMILES string of the molecule is CN1CCN(C(=O)COc2ccccc2C=O)C(c2ccccc2)C1. The molecular weight excluding hydrogens is 316 g/mol. The van der Waals surface area contributed by atoms with Crippen molar-refractivity contribution >= 4 is 12.2 Å². The quantitative estimate of drug-likeness (QED) is 0.786. The first-order chi connectivity index (χ1) is 12.2. The van der Waals surface area contributed by atoms with Gasteiger partial charge in [0, 0.05) is 19.6 Å². The lowest BCUT2D eigenvalue weighted by molar-refractivity contribution is -0.138. The molecule has 1 aliphatic rings. The molecule has 130 valence electrons. The highest BCUT2D eigenvalue weighted by Crippen LogP contribution is 2.25. The van der Waals surface area contributed by atoms with Gasteiger partial charge in [0.25, 0.3) is 5.91 Å². The predicted molar refractivity (Wildman–Crippen MR) is 95.7 cm³/mol. The molecule has 1 atom stereocenters. The van der Waals surface area contributed by atoms with Crippen LogP contribution in [0.2, 0.25) is 0 Å². The van der Waals surface area contributed by atoms with Gasteiger partial charge in [0.05, 0.1) is 11.6 Å². The summed E-state index contributed by atoms with van der Waals surface area (Å²) >= 11 is 0. The summed E-state index contributed by atoms with van der Waals surface area (Å²) in [6.07, 6.45) is 0.739. The van der Waals surface area contributed by atoms with Crippen LogP contribution in [0, 0.1) is 0 Å². The van der Waals surface area contributed by atoms with Crippen molar-refractivity contribution in [2.24, 2.45) is 0 Å². The first-order valence-electron chi connectivity index (χ1n) is 8.39. The summed E-state index contributed by atoms with van der Waals surface area (Å²) in [7, 11) is 2.06. The van der Waals surface area contributed by atoms with Gasteiger partial charge in [-0.2, -0.15) is 0 Å². The number of hydrogen-bond donors (Lipinski definition) is 0. The number of rotatable bonds is 5. The molecule has 0 saturated carbocycles. The lowest BCUT2D eigenvalue weighted by Gasteiger charge is -2.40. The predicted octanol–water partition coefficient (Wildman–Crippen LogP) is 2.39. The molecule has 5 heteroatoms. The van der Waals surface area contributed by atoms with E-state index in [9.17, 15) is 9.59 Å². The van der Waals surface area contributed by atoms with Crippen LogP contribution < -0.4 is 4.74 Å². The Bertz CT molecular complexity index is 733. The van der Waals surface area contributed by atoms with Crippen LogP contribution in [0.5, 0.6) is 5.75 Å². The second-order valence-electron chi connectivity index (χ2n) is 6.22. The Hall–Kier alpha value is -2.66. The molecule has 0 N–H and O–H groups in total. The molecule has 2 aromatic rings. The van der Waals surface area contributed by atoms with Gasteiger partial charge in [-0.15, -0.1) is 0 Å². The standard InChI is InChI=1S/C20H22N2O3/c1-21-11-12-22(18(13-21)16-7-3-2-4-8-16)20(24)15-25-19-10-6-5-9-17(19)14-23/h2-10,14,18H,11-13,15H2,1H3. The van der Waals surface area contributed by atoms with Gasteiger partial charge in [-0.3, -0.25) is 9.59 Å². The fourth-order valence-corrected chi connectivity index (χ4v) is 3.11. The van der Waals surface area contributed by atoms with Crippen LogP contribution in [0.4, 0.5) is 0 Å². The zero-order valence-electron chi connectivity index (χ0n) is 14.3. The Labute approximate surface area is 147 Å². The monoisotopic (exact) mass is 338 g/mol. The van der Waals surface area contributed by atoms with E-state index in [1.807, 2.05) is 35.2 Å². The van der Waals surface area contributed by atoms with Crippen molar-refractivity contribution in [1.82, 2.24) is 9.80 Å². The third kappa shape index (κ3) is 4.06. The van der Waals surface area contributed by atoms with Crippen molar-refractivity contribution in [3.05, 3.63) is 65.7 Å². The molecule has 1 saturated heterocycles. The van der Waals surface area contributed by atoms with Gasteiger partial charge in [0.1, 0.15) is 5.75 Å². The van der Waals surface area contributed by atoms with Gasteiger partial charge in [0.2, 0.25) is 0 Å². The third-order valence-corrected chi connectivity index (χ3v) is 4.49. The summed E-state index contributed by atoms with van der Waals surface area (Å²) in [4.78, 5) is 27.9. The fourth-order valence-electron chi connectivity index (χ4n) is 3.11. The smallest absolute Gasteiger partial charge is 0.261 e. The molecule has 0 aromatic heterocycles. The maximum atomic E-state index is 12.8. The number of benzene rings is 2. The second-order valence-corrected chi connectivity index (χ2v) is 6.22. The van der Waals surface area contributed by atoms with Crippen molar-refractivity contribution in [2.75, 3.05) is 33.3 Å². The van der Waals surface area contributed by atoms with E-state index in [1.165, 1.54) is 0 Å². The van der Waals surface area contributed by atoms with Crippen LogP contribution in [0.25, 0.3) is 0 Å². The molecular formula is C20H22N2O3. The summed E-state index contributed by atoms with van der Waals surface area (Å²) in [6, 6.07) is 17.0. The van der Waals surface area contributed by atoms with Gasteiger partial charge in [-0.1, -0.05) is 42.5 Å². The molecule has 1 unspecified atom stereocenters. The van der Waals surface area contributed by atoms with Gasteiger partial charge < -0.3 is 14.5 Å². The van der Waals surface area contributed by atoms with Crippen LogP contribution >= 0.6 is 0 Å². The highest BCUT2D eigenvalue weighted by Gasteiger charge is 2.30. The maximum absolute atomic E-state index is 12.8. The minimum absolute atomic E-state index is 0.0114. The molecule has 2 aromatic carbocycles. The van der Waals surface area contributed by atoms with E-state index in [1.54, 1.807) is 24.3 Å².